The van der Waals surface area contributed by atoms with E-state index < -0.39 is 0 Å². The highest BCUT2D eigenvalue weighted by Crippen LogP contribution is 2.21. The second kappa shape index (κ2) is 16.2. The molecule has 0 aliphatic heterocycles. The predicted octanol–water partition coefficient (Wildman–Crippen LogP) is 6.80. The van der Waals surface area contributed by atoms with Crippen LogP contribution in [0.4, 0.5) is 4.39 Å². The number of rotatable bonds is 9. The quantitative estimate of drug-likeness (QED) is 0.298. The molecule has 0 atom stereocenters. The lowest BCUT2D eigenvalue weighted by Gasteiger charge is -2.15. The van der Waals surface area contributed by atoms with Crippen LogP contribution in [-0.4, -0.2) is 18.3 Å². The summed E-state index contributed by atoms with van der Waals surface area (Å²) in [7, 11) is 0. The van der Waals surface area contributed by atoms with Crippen molar-refractivity contribution in [1.82, 2.24) is 10.6 Å². The molecule has 1 rings (SSSR count). The third-order valence-corrected chi connectivity index (χ3v) is 4.93. The Bertz CT molecular complexity index is 730. The average molecular weight is 486 g/mol. The van der Waals surface area contributed by atoms with Crippen LogP contribution in [0.2, 0.25) is 0 Å². The first-order valence-electron chi connectivity index (χ1n) is 10.1. The maximum atomic E-state index is 14.1. The number of hydrogen-bond donors (Lipinski definition) is 2. The monoisotopic (exact) mass is 484 g/mol. The smallest absolute Gasteiger partial charge is 0.170 e. The van der Waals surface area contributed by atoms with E-state index in [2.05, 4.69) is 40.4 Å². The van der Waals surface area contributed by atoms with Gasteiger partial charge in [-0.15, -0.1) is 0 Å². The van der Waals surface area contributed by atoms with Crippen LogP contribution in [0.25, 0.3) is 0 Å². The van der Waals surface area contributed by atoms with E-state index in [1.54, 1.807) is 12.1 Å². The lowest BCUT2D eigenvalue weighted by molar-refractivity contribution is 0.333. The Morgan fingerprint density at radius 3 is 2.52 bits per heavy atom. The molecule has 0 fully saturated rings. The Morgan fingerprint density at radius 2 is 1.93 bits per heavy atom. The SMILES string of the molecule is C/C=C(Br)\C=C/C(NC(=S)NCCc1c(F)cccc1OCC)=C(C)CC.CC. The first-order valence-corrected chi connectivity index (χ1v) is 11.3. The van der Waals surface area contributed by atoms with Gasteiger partial charge in [0.15, 0.2) is 5.11 Å². The van der Waals surface area contributed by atoms with Gasteiger partial charge in [0.25, 0.3) is 0 Å². The van der Waals surface area contributed by atoms with Crippen molar-refractivity contribution in [2.75, 3.05) is 13.2 Å². The molecule has 0 heterocycles. The number of halogens is 2. The van der Waals surface area contributed by atoms with E-state index in [1.165, 1.54) is 11.6 Å². The molecule has 0 aliphatic rings. The second-order valence-corrected chi connectivity index (χ2v) is 7.16. The van der Waals surface area contributed by atoms with Crippen molar-refractivity contribution in [3.8, 4) is 5.75 Å². The Kier molecular flexibility index (Phi) is 15.2. The van der Waals surface area contributed by atoms with Gasteiger partial charge in [-0.05, 0) is 70.1 Å². The fraction of sp³-hybridized carbons (Fsp3) is 0.435. The molecule has 0 aliphatic carbocycles. The van der Waals surface area contributed by atoms with Crippen LogP contribution < -0.4 is 15.4 Å². The highest BCUT2D eigenvalue weighted by atomic mass is 79.9. The summed E-state index contributed by atoms with van der Waals surface area (Å²) >= 11 is 8.86. The van der Waals surface area contributed by atoms with Crippen molar-refractivity contribution in [3.63, 3.8) is 0 Å². The van der Waals surface area contributed by atoms with Crippen molar-refractivity contribution in [3.05, 3.63) is 63.6 Å². The summed E-state index contributed by atoms with van der Waals surface area (Å²) in [5, 5.41) is 6.88. The molecule has 1 aromatic rings. The van der Waals surface area contributed by atoms with Gasteiger partial charge in [0.1, 0.15) is 11.6 Å². The molecular weight excluding hydrogens is 451 g/mol. The Morgan fingerprint density at radius 1 is 1.24 bits per heavy atom. The van der Waals surface area contributed by atoms with Gasteiger partial charge in [-0.1, -0.05) is 54.4 Å². The van der Waals surface area contributed by atoms with Crippen LogP contribution in [0.5, 0.6) is 5.75 Å². The van der Waals surface area contributed by atoms with E-state index in [4.69, 9.17) is 17.0 Å². The lowest BCUT2D eigenvalue weighted by Crippen LogP contribution is -2.36. The van der Waals surface area contributed by atoms with Crippen molar-refractivity contribution >= 4 is 33.3 Å². The molecule has 29 heavy (non-hydrogen) atoms. The molecule has 0 saturated carbocycles. The molecule has 6 heteroatoms. The number of hydrogen-bond acceptors (Lipinski definition) is 2. The Balaban J connectivity index is 0.00000379. The molecule has 162 valence electrons. The Labute approximate surface area is 189 Å². The summed E-state index contributed by atoms with van der Waals surface area (Å²) in [6.45, 7) is 13.0. The highest BCUT2D eigenvalue weighted by Gasteiger charge is 2.09. The zero-order valence-corrected chi connectivity index (χ0v) is 20.8. The van der Waals surface area contributed by atoms with Gasteiger partial charge < -0.3 is 15.4 Å². The topological polar surface area (TPSA) is 33.3 Å². The number of benzene rings is 1. The minimum Gasteiger partial charge on any atom is -0.493 e. The van der Waals surface area contributed by atoms with Gasteiger partial charge in [0.05, 0.1) is 6.61 Å². The summed E-state index contributed by atoms with van der Waals surface area (Å²) in [6.07, 6.45) is 7.32. The van der Waals surface area contributed by atoms with Crippen LogP contribution in [0, 0.1) is 5.82 Å². The van der Waals surface area contributed by atoms with Crippen molar-refractivity contribution in [2.24, 2.45) is 0 Å². The van der Waals surface area contributed by atoms with Crippen molar-refractivity contribution in [1.29, 1.82) is 0 Å². The van der Waals surface area contributed by atoms with Gasteiger partial charge in [-0.3, -0.25) is 0 Å². The van der Waals surface area contributed by atoms with E-state index in [0.29, 0.717) is 36.0 Å². The van der Waals surface area contributed by atoms with Crippen molar-refractivity contribution in [2.45, 2.75) is 54.4 Å². The molecule has 0 bridgehead atoms. The summed E-state index contributed by atoms with van der Waals surface area (Å²) < 4.78 is 20.6. The van der Waals surface area contributed by atoms with Gasteiger partial charge in [-0.2, -0.15) is 0 Å². The van der Waals surface area contributed by atoms with E-state index in [0.717, 1.165) is 16.6 Å². The lowest BCUT2D eigenvalue weighted by atomic mass is 10.1. The summed E-state index contributed by atoms with van der Waals surface area (Å²) in [5.41, 5.74) is 2.71. The van der Waals surface area contributed by atoms with E-state index in [-0.39, 0.29) is 5.82 Å². The molecule has 0 spiro atoms. The normalized spacial score (nSPS) is 12.1. The highest BCUT2D eigenvalue weighted by molar-refractivity contribution is 9.11. The van der Waals surface area contributed by atoms with E-state index in [9.17, 15) is 4.39 Å². The van der Waals surface area contributed by atoms with Gasteiger partial charge in [-0.25, -0.2) is 4.39 Å². The van der Waals surface area contributed by atoms with E-state index in [1.807, 2.05) is 45.9 Å². The largest absolute Gasteiger partial charge is 0.493 e. The number of ether oxygens (including phenoxy) is 1. The summed E-state index contributed by atoms with van der Waals surface area (Å²) in [4.78, 5) is 0. The first-order chi connectivity index (χ1) is 13.9. The fourth-order valence-corrected chi connectivity index (χ4v) is 2.62. The zero-order chi connectivity index (χ0) is 22.2. The van der Waals surface area contributed by atoms with Crippen LogP contribution >= 0.6 is 28.1 Å². The average Bonchev–Trinajstić information content (AvgIpc) is 2.73. The maximum Gasteiger partial charge on any atom is 0.170 e. The minimum absolute atomic E-state index is 0.261. The number of thiocarbonyl (C=S) groups is 1. The first kappa shape index (κ1) is 27.3. The summed E-state index contributed by atoms with van der Waals surface area (Å²) in [5.74, 6) is 0.322. The standard InChI is InChI=1S/C21H28BrFN2OS.C2H6/c1-5-15(4)19(12-11-16(22)6-2)25-21(27)24-14-13-17-18(23)9-8-10-20(17)26-7-3;1-2/h6,8-12H,5,7,13-14H2,1-4H3,(H2,24,25,27);1-2H3/b12-11-,16-6+,19-15?;. The van der Waals surface area contributed by atoms with E-state index >= 15 is 0 Å². The molecule has 0 saturated heterocycles. The maximum absolute atomic E-state index is 14.1. The molecule has 0 amide bonds. The summed E-state index contributed by atoms with van der Waals surface area (Å²) in [6, 6.07) is 4.89. The van der Waals surface area contributed by atoms with Crippen molar-refractivity contribution < 1.29 is 9.13 Å². The molecule has 0 unspecified atom stereocenters. The van der Waals surface area contributed by atoms with Gasteiger partial charge in [0, 0.05) is 22.3 Å². The third kappa shape index (κ3) is 10.6. The van der Waals surface area contributed by atoms with Crippen LogP contribution in [0.3, 0.4) is 0 Å². The molecule has 2 N–H and O–H groups in total. The zero-order valence-electron chi connectivity index (χ0n) is 18.4. The molecule has 0 radical (unpaired) electrons. The predicted molar refractivity (Wildman–Crippen MR) is 131 cm³/mol. The second-order valence-electron chi connectivity index (χ2n) is 5.83. The number of allylic oxidation sites excluding steroid dienone is 5. The molecule has 3 nitrogen and oxygen atoms in total. The van der Waals surface area contributed by atoms with Gasteiger partial charge in [0.2, 0.25) is 0 Å². The minimum atomic E-state index is -0.261. The molecule has 1 aromatic carbocycles. The fourth-order valence-electron chi connectivity index (χ4n) is 2.28. The number of nitrogens with one attached hydrogen (secondary N) is 2. The van der Waals surface area contributed by atoms with Crippen LogP contribution in [0.15, 0.2) is 52.2 Å². The molecular formula is C23H34BrFN2OS. The Hall–Kier alpha value is -1.66. The third-order valence-electron chi connectivity index (χ3n) is 3.96. The molecule has 0 aromatic heterocycles. The van der Waals surface area contributed by atoms with Crippen LogP contribution in [-0.2, 0) is 6.42 Å². The van der Waals surface area contributed by atoms with Gasteiger partial charge >= 0.3 is 0 Å². The van der Waals surface area contributed by atoms with Crippen LogP contribution in [0.1, 0.15) is 53.5 Å².